The van der Waals surface area contributed by atoms with Crippen LogP contribution in [0.25, 0.3) is 0 Å². The standard InChI is InChI=1S/C23H27N3/c1-25(2)21-12-8-17(9-13-21)23(19-6-5-7-20(24)16-19)18-10-14-22(15-11-18)26(3)4/h5-16,23H,24H2,1-4H3. The predicted molar refractivity (Wildman–Crippen MR) is 113 cm³/mol. The maximum absolute atomic E-state index is 6.07. The van der Waals surface area contributed by atoms with Crippen LogP contribution in [0.2, 0.25) is 0 Å². The third-order valence-electron chi connectivity index (χ3n) is 4.73. The number of nitrogens with two attached hydrogens (primary N) is 1. The summed E-state index contributed by atoms with van der Waals surface area (Å²) in [5, 5.41) is 0. The van der Waals surface area contributed by atoms with E-state index in [1.165, 1.54) is 28.1 Å². The van der Waals surface area contributed by atoms with Gasteiger partial charge in [0.05, 0.1) is 0 Å². The van der Waals surface area contributed by atoms with Crippen LogP contribution < -0.4 is 15.5 Å². The highest BCUT2D eigenvalue weighted by Crippen LogP contribution is 2.34. The lowest BCUT2D eigenvalue weighted by Gasteiger charge is -2.22. The fraction of sp³-hybridized carbons (Fsp3) is 0.217. The fourth-order valence-corrected chi connectivity index (χ4v) is 3.25. The van der Waals surface area contributed by atoms with E-state index in [1.54, 1.807) is 0 Å². The Hall–Kier alpha value is -2.94. The first kappa shape index (κ1) is 17.9. The molecule has 0 aliphatic carbocycles. The van der Waals surface area contributed by atoms with Gasteiger partial charge in [0.25, 0.3) is 0 Å². The van der Waals surface area contributed by atoms with Gasteiger partial charge in [-0.15, -0.1) is 0 Å². The van der Waals surface area contributed by atoms with Gasteiger partial charge in [0.1, 0.15) is 0 Å². The molecule has 134 valence electrons. The Kier molecular flexibility index (Phi) is 5.17. The van der Waals surface area contributed by atoms with Crippen molar-refractivity contribution < 1.29 is 0 Å². The molecule has 0 aliphatic heterocycles. The van der Waals surface area contributed by atoms with E-state index >= 15 is 0 Å². The summed E-state index contributed by atoms with van der Waals surface area (Å²) in [4.78, 5) is 4.23. The molecule has 3 nitrogen and oxygen atoms in total. The van der Waals surface area contributed by atoms with Gasteiger partial charge in [-0.2, -0.15) is 0 Å². The molecule has 2 N–H and O–H groups in total. The average molecular weight is 345 g/mol. The average Bonchev–Trinajstić information content (AvgIpc) is 2.63. The van der Waals surface area contributed by atoms with E-state index in [0.29, 0.717) is 0 Å². The van der Waals surface area contributed by atoms with Crippen molar-refractivity contribution in [1.29, 1.82) is 0 Å². The number of anilines is 3. The number of nitrogens with zero attached hydrogens (tertiary/aromatic N) is 2. The topological polar surface area (TPSA) is 32.5 Å². The molecule has 3 heteroatoms. The van der Waals surface area contributed by atoms with Gasteiger partial charge in [-0.1, -0.05) is 36.4 Å². The highest BCUT2D eigenvalue weighted by Gasteiger charge is 2.17. The number of hydrogen-bond acceptors (Lipinski definition) is 3. The normalized spacial score (nSPS) is 10.8. The van der Waals surface area contributed by atoms with Gasteiger partial charge in [0.15, 0.2) is 0 Å². The summed E-state index contributed by atoms with van der Waals surface area (Å²) in [5.41, 5.74) is 13.0. The van der Waals surface area contributed by atoms with E-state index in [9.17, 15) is 0 Å². The minimum atomic E-state index is 0.158. The summed E-state index contributed by atoms with van der Waals surface area (Å²) >= 11 is 0. The third-order valence-corrected chi connectivity index (χ3v) is 4.73. The van der Waals surface area contributed by atoms with Crippen LogP contribution >= 0.6 is 0 Å². The predicted octanol–water partition coefficient (Wildman–Crippen LogP) is 4.58. The molecular formula is C23H27N3. The Morgan fingerprint density at radius 2 is 1.08 bits per heavy atom. The zero-order chi connectivity index (χ0) is 18.7. The zero-order valence-corrected chi connectivity index (χ0v) is 16.0. The summed E-state index contributed by atoms with van der Waals surface area (Å²) in [7, 11) is 8.24. The van der Waals surface area contributed by atoms with Crippen molar-refractivity contribution in [2.75, 3.05) is 43.7 Å². The quantitative estimate of drug-likeness (QED) is 0.543. The molecule has 26 heavy (non-hydrogen) atoms. The Morgan fingerprint density at radius 1 is 0.615 bits per heavy atom. The molecule has 3 aromatic rings. The van der Waals surface area contributed by atoms with Crippen LogP contribution in [0.1, 0.15) is 22.6 Å². The Balaban J connectivity index is 2.07. The Morgan fingerprint density at radius 3 is 1.46 bits per heavy atom. The van der Waals surface area contributed by atoms with Gasteiger partial charge < -0.3 is 15.5 Å². The summed E-state index contributed by atoms with van der Waals surface area (Å²) in [6, 6.07) is 25.7. The second kappa shape index (κ2) is 7.52. The second-order valence-electron chi connectivity index (χ2n) is 7.08. The summed E-state index contributed by atoms with van der Waals surface area (Å²) < 4.78 is 0. The lowest BCUT2D eigenvalue weighted by molar-refractivity contribution is 0.974. The highest BCUT2D eigenvalue weighted by molar-refractivity contribution is 5.55. The van der Waals surface area contributed by atoms with Gasteiger partial charge in [0.2, 0.25) is 0 Å². The molecule has 0 radical (unpaired) electrons. The molecule has 0 aromatic heterocycles. The van der Waals surface area contributed by atoms with Crippen LogP contribution in [0, 0.1) is 0 Å². The number of benzene rings is 3. The molecule has 0 bridgehead atoms. The van der Waals surface area contributed by atoms with E-state index in [0.717, 1.165) is 5.69 Å². The Labute approximate surface area is 156 Å². The largest absolute Gasteiger partial charge is 0.399 e. The van der Waals surface area contributed by atoms with Crippen molar-refractivity contribution in [1.82, 2.24) is 0 Å². The van der Waals surface area contributed by atoms with Crippen molar-refractivity contribution in [3.05, 3.63) is 89.5 Å². The van der Waals surface area contributed by atoms with Gasteiger partial charge >= 0.3 is 0 Å². The summed E-state index contributed by atoms with van der Waals surface area (Å²) in [5.74, 6) is 0.158. The monoisotopic (exact) mass is 345 g/mol. The molecule has 0 saturated heterocycles. The fourth-order valence-electron chi connectivity index (χ4n) is 3.25. The lowest BCUT2D eigenvalue weighted by Crippen LogP contribution is -2.10. The first-order valence-electron chi connectivity index (χ1n) is 8.85. The second-order valence-corrected chi connectivity index (χ2v) is 7.08. The molecule has 0 aliphatic rings. The van der Waals surface area contributed by atoms with Crippen molar-refractivity contribution in [2.24, 2.45) is 0 Å². The third kappa shape index (κ3) is 3.83. The minimum Gasteiger partial charge on any atom is -0.399 e. The highest BCUT2D eigenvalue weighted by atomic mass is 15.1. The molecule has 0 amide bonds. The molecule has 0 unspecified atom stereocenters. The van der Waals surface area contributed by atoms with Crippen LogP contribution in [-0.2, 0) is 0 Å². The maximum atomic E-state index is 6.07. The molecule has 3 rings (SSSR count). The molecule has 3 aromatic carbocycles. The maximum Gasteiger partial charge on any atom is 0.0361 e. The van der Waals surface area contributed by atoms with E-state index in [2.05, 4.69) is 98.7 Å². The van der Waals surface area contributed by atoms with Crippen molar-refractivity contribution in [2.45, 2.75) is 5.92 Å². The smallest absolute Gasteiger partial charge is 0.0361 e. The van der Waals surface area contributed by atoms with Gasteiger partial charge in [-0.3, -0.25) is 0 Å². The van der Waals surface area contributed by atoms with Crippen LogP contribution in [-0.4, -0.2) is 28.2 Å². The summed E-state index contributed by atoms with van der Waals surface area (Å²) in [6.07, 6.45) is 0. The van der Waals surface area contributed by atoms with Gasteiger partial charge in [-0.25, -0.2) is 0 Å². The minimum absolute atomic E-state index is 0.158. The molecule has 0 spiro atoms. The van der Waals surface area contributed by atoms with Crippen LogP contribution in [0.3, 0.4) is 0 Å². The van der Waals surface area contributed by atoms with E-state index < -0.39 is 0 Å². The molecule has 0 heterocycles. The number of nitrogen functional groups attached to an aromatic ring is 1. The van der Waals surface area contributed by atoms with E-state index in [-0.39, 0.29) is 5.92 Å². The van der Waals surface area contributed by atoms with Gasteiger partial charge in [0, 0.05) is 51.2 Å². The molecule has 0 fully saturated rings. The van der Waals surface area contributed by atoms with Gasteiger partial charge in [-0.05, 0) is 53.1 Å². The van der Waals surface area contributed by atoms with Crippen LogP contribution in [0.4, 0.5) is 17.1 Å². The molecule has 0 atom stereocenters. The van der Waals surface area contributed by atoms with E-state index in [4.69, 9.17) is 5.73 Å². The van der Waals surface area contributed by atoms with Crippen LogP contribution in [0.15, 0.2) is 72.8 Å². The lowest BCUT2D eigenvalue weighted by atomic mass is 9.85. The SMILES string of the molecule is CN(C)c1ccc(C(c2ccc(N(C)C)cc2)c2cccc(N)c2)cc1. The first-order chi connectivity index (χ1) is 12.5. The van der Waals surface area contributed by atoms with Crippen molar-refractivity contribution in [3.8, 4) is 0 Å². The Bertz CT molecular complexity index is 798. The number of rotatable bonds is 5. The van der Waals surface area contributed by atoms with E-state index in [1.807, 2.05) is 12.1 Å². The number of hydrogen-bond donors (Lipinski definition) is 1. The zero-order valence-electron chi connectivity index (χ0n) is 16.0. The van der Waals surface area contributed by atoms with Crippen molar-refractivity contribution in [3.63, 3.8) is 0 Å². The first-order valence-corrected chi connectivity index (χ1v) is 8.85. The molecule has 0 saturated carbocycles. The van der Waals surface area contributed by atoms with Crippen LogP contribution in [0.5, 0.6) is 0 Å². The molecular weight excluding hydrogens is 318 g/mol. The summed E-state index contributed by atoms with van der Waals surface area (Å²) in [6.45, 7) is 0. The van der Waals surface area contributed by atoms with Crippen molar-refractivity contribution >= 4 is 17.1 Å².